The second kappa shape index (κ2) is 10.0. The first-order chi connectivity index (χ1) is 19.6. The molecule has 4 atom stereocenters. The van der Waals surface area contributed by atoms with E-state index in [1.807, 2.05) is 33.8 Å². The molecule has 2 aromatic rings. The zero-order valence-electron chi connectivity index (χ0n) is 25.5. The number of aromatic nitrogens is 3. The lowest BCUT2D eigenvalue weighted by Crippen LogP contribution is -2.65. The molecule has 2 aliphatic heterocycles. The summed E-state index contributed by atoms with van der Waals surface area (Å²) in [5.74, 6) is 1.10. The quantitative estimate of drug-likeness (QED) is 0.355. The molecule has 1 aromatic heterocycles. The Morgan fingerprint density at radius 1 is 1.21 bits per heavy atom. The predicted octanol–water partition coefficient (Wildman–Crippen LogP) is 3.79. The molecule has 0 unspecified atom stereocenters. The predicted molar refractivity (Wildman–Crippen MR) is 155 cm³/mol. The fourth-order valence-electron chi connectivity index (χ4n) is 7.32. The van der Waals surface area contributed by atoms with Gasteiger partial charge in [-0.3, -0.25) is 0 Å². The van der Waals surface area contributed by atoms with Gasteiger partial charge in [-0.1, -0.05) is 19.9 Å². The van der Waals surface area contributed by atoms with Gasteiger partial charge < -0.3 is 23.8 Å². The summed E-state index contributed by atoms with van der Waals surface area (Å²) in [5.41, 5.74) is 1.46. The van der Waals surface area contributed by atoms with Gasteiger partial charge in [0.15, 0.2) is 0 Å². The number of aryl methyl sites for hydroxylation is 1. The smallest absolute Gasteiger partial charge is 0.457 e. The number of aromatic amines is 1. The molecule has 1 aromatic carbocycles. The van der Waals surface area contributed by atoms with E-state index in [9.17, 15) is 13.2 Å². The molecule has 2 bridgehead atoms. The SMILES string of the molecule is Cc1c(CCB2O[C@@H]3C[C@@H]4C[C@@H](C4(C)C)[C@]3(C)O2)ccc(OC2CN(S(=O)(=O)c3nnc[nH]3)C2)c1C(=O)OC(C)(C)C. The van der Waals surface area contributed by atoms with Crippen molar-refractivity contribution in [1.82, 2.24) is 19.5 Å². The zero-order chi connectivity index (χ0) is 30.2. The standard InChI is InChI=1S/C29H41BN4O7S/c1-17-18(10-11-30-40-23-13-19-12-22(28(19,5)6)29(23,7)41-30)8-9-21(24(17)25(35)39-27(2,3)4)38-20-14-34(15-20)42(36,37)26-31-16-32-33-26/h8-9,16,19-20,22-23H,10-15H2,1-7H3,(H,31,32,33)/t19-,22-,23+,29-/m0/s1. The first kappa shape index (κ1) is 29.6. The molecular formula is C29H41BN4O7S. The van der Waals surface area contributed by atoms with Crippen molar-refractivity contribution in [2.24, 2.45) is 17.3 Å². The maximum Gasteiger partial charge on any atom is 0.457 e. The average Bonchev–Trinajstić information content (AvgIpc) is 3.51. The van der Waals surface area contributed by atoms with Crippen LogP contribution in [-0.2, 0) is 30.5 Å². The number of benzene rings is 1. The Morgan fingerprint density at radius 3 is 2.60 bits per heavy atom. The minimum absolute atomic E-state index is 0.128. The van der Waals surface area contributed by atoms with Crippen molar-refractivity contribution in [2.75, 3.05) is 13.1 Å². The van der Waals surface area contributed by atoms with Gasteiger partial charge in [0.1, 0.15) is 29.3 Å². The highest BCUT2D eigenvalue weighted by Crippen LogP contribution is 2.65. The fraction of sp³-hybridized carbons (Fsp3) is 0.690. The molecule has 3 heterocycles. The Labute approximate surface area is 248 Å². The van der Waals surface area contributed by atoms with E-state index in [0.29, 0.717) is 35.9 Å². The van der Waals surface area contributed by atoms with Gasteiger partial charge in [-0.2, -0.15) is 4.31 Å². The third kappa shape index (κ3) is 4.95. The molecule has 42 heavy (non-hydrogen) atoms. The summed E-state index contributed by atoms with van der Waals surface area (Å²) >= 11 is 0. The first-order valence-electron chi connectivity index (χ1n) is 14.8. The molecule has 3 aliphatic carbocycles. The maximum absolute atomic E-state index is 13.4. The first-order valence-corrected chi connectivity index (χ1v) is 16.3. The van der Waals surface area contributed by atoms with Crippen LogP contribution >= 0.6 is 0 Å². The van der Waals surface area contributed by atoms with Crippen LogP contribution < -0.4 is 4.74 Å². The Kier molecular flexibility index (Phi) is 7.07. The highest BCUT2D eigenvalue weighted by molar-refractivity contribution is 7.89. The third-order valence-corrected chi connectivity index (χ3v) is 11.5. The molecule has 13 heteroatoms. The van der Waals surface area contributed by atoms with Crippen LogP contribution in [0.5, 0.6) is 5.75 Å². The van der Waals surface area contributed by atoms with Crippen molar-refractivity contribution in [3.05, 3.63) is 35.2 Å². The second-order valence-corrected chi connectivity index (χ2v) is 15.9. The van der Waals surface area contributed by atoms with Crippen LogP contribution in [0.3, 0.4) is 0 Å². The van der Waals surface area contributed by atoms with Gasteiger partial charge >= 0.3 is 13.1 Å². The summed E-state index contributed by atoms with van der Waals surface area (Å²) in [7, 11) is -4.07. The van der Waals surface area contributed by atoms with Crippen LogP contribution in [0.15, 0.2) is 23.6 Å². The third-order valence-electron chi connectivity index (χ3n) is 9.88. The van der Waals surface area contributed by atoms with E-state index < -0.39 is 27.7 Å². The van der Waals surface area contributed by atoms with E-state index in [4.69, 9.17) is 18.8 Å². The van der Waals surface area contributed by atoms with E-state index in [1.54, 1.807) is 6.07 Å². The number of hydrogen-bond acceptors (Lipinski definition) is 9. The van der Waals surface area contributed by atoms with Crippen molar-refractivity contribution in [1.29, 1.82) is 0 Å². The normalized spacial score (nSPS) is 29.0. The molecule has 11 nitrogen and oxygen atoms in total. The lowest BCUT2D eigenvalue weighted by Gasteiger charge is -2.64. The van der Waals surface area contributed by atoms with Gasteiger partial charge in [-0.05, 0) is 94.6 Å². The Morgan fingerprint density at radius 2 is 1.95 bits per heavy atom. The van der Waals surface area contributed by atoms with Crippen molar-refractivity contribution >= 4 is 23.1 Å². The summed E-state index contributed by atoms with van der Waals surface area (Å²) in [6.07, 6.45) is 4.52. The van der Waals surface area contributed by atoms with Crippen molar-refractivity contribution in [3.8, 4) is 5.75 Å². The van der Waals surface area contributed by atoms with Gasteiger partial charge in [0.05, 0.1) is 24.8 Å². The summed E-state index contributed by atoms with van der Waals surface area (Å²) in [6.45, 7) is 14.6. The van der Waals surface area contributed by atoms with Crippen LogP contribution in [-0.4, -0.2) is 77.5 Å². The minimum Gasteiger partial charge on any atom is -0.487 e. The van der Waals surface area contributed by atoms with Crippen molar-refractivity contribution < 1.29 is 32.0 Å². The Bertz CT molecular complexity index is 1470. The van der Waals surface area contributed by atoms with Crippen LogP contribution in [0, 0.1) is 24.2 Å². The lowest BCUT2D eigenvalue weighted by atomic mass is 9.43. The van der Waals surface area contributed by atoms with Gasteiger partial charge in [0.25, 0.3) is 15.2 Å². The zero-order valence-corrected chi connectivity index (χ0v) is 26.3. The van der Waals surface area contributed by atoms with Crippen LogP contribution in [0.25, 0.3) is 0 Å². The molecule has 7 rings (SSSR count). The number of carbonyl (C=O) groups excluding carboxylic acids is 1. The second-order valence-electron chi connectivity index (χ2n) is 14.0. The number of nitrogens with one attached hydrogen (secondary N) is 1. The summed E-state index contributed by atoms with van der Waals surface area (Å²) in [4.78, 5) is 16.0. The van der Waals surface area contributed by atoms with E-state index in [1.165, 1.54) is 17.1 Å². The number of carbonyl (C=O) groups is 1. The van der Waals surface area contributed by atoms with E-state index >= 15 is 0 Å². The summed E-state index contributed by atoms with van der Waals surface area (Å²) in [5, 5.41) is 6.97. The Balaban J connectivity index is 1.16. The Hall–Kier alpha value is -2.48. The average molecular weight is 601 g/mol. The number of ether oxygens (including phenoxy) is 2. The van der Waals surface area contributed by atoms with E-state index in [0.717, 1.165) is 17.5 Å². The maximum atomic E-state index is 13.4. The van der Waals surface area contributed by atoms with Gasteiger partial charge in [0, 0.05) is 0 Å². The molecule has 228 valence electrons. The van der Waals surface area contributed by atoms with Crippen LogP contribution in [0.2, 0.25) is 6.32 Å². The largest absolute Gasteiger partial charge is 0.487 e. The highest BCUT2D eigenvalue weighted by Gasteiger charge is 2.67. The molecule has 1 N–H and O–H groups in total. The molecule has 5 aliphatic rings. The van der Waals surface area contributed by atoms with Gasteiger partial charge in [-0.15, -0.1) is 10.2 Å². The number of H-pyrrole nitrogens is 1. The van der Waals surface area contributed by atoms with Gasteiger partial charge in [0.2, 0.25) is 0 Å². The number of hydrogen-bond donors (Lipinski definition) is 1. The summed E-state index contributed by atoms with van der Waals surface area (Å²) in [6, 6.07) is 3.74. The topological polar surface area (TPSA) is 133 Å². The molecular weight excluding hydrogens is 559 g/mol. The number of rotatable bonds is 8. The van der Waals surface area contributed by atoms with E-state index in [2.05, 4.69) is 36.0 Å². The lowest BCUT2D eigenvalue weighted by molar-refractivity contribution is -0.199. The van der Waals surface area contributed by atoms with Crippen molar-refractivity contribution in [2.45, 2.75) is 103 Å². The monoisotopic (exact) mass is 600 g/mol. The number of nitrogens with zero attached hydrogens (tertiary/aromatic N) is 3. The van der Waals surface area contributed by atoms with Gasteiger partial charge in [-0.25, -0.2) is 13.2 Å². The van der Waals surface area contributed by atoms with Crippen LogP contribution in [0.4, 0.5) is 0 Å². The highest BCUT2D eigenvalue weighted by atomic mass is 32.2. The molecule has 0 radical (unpaired) electrons. The molecule has 0 amide bonds. The molecule has 3 saturated carbocycles. The van der Waals surface area contributed by atoms with Crippen LogP contribution in [0.1, 0.15) is 75.9 Å². The van der Waals surface area contributed by atoms with Crippen molar-refractivity contribution in [3.63, 3.8) is 0 Å². The number of esters is 1. The molecule has 2 saturated heterocycles. The molecule has 0 spiro atoms. The fourth-order valence-corrected chi connectivity index (χ4v) is 8.65. The summed E-state index contributed by atoms with van der Waals surface area (Å²) < 4.78 is 51.6. The minimum atomic E-state index is -3.78. The van der Waals surface area contributed by atoms with E-state index in [-0.39, 0.29) is 42.5 Å². The number of sulfonamides is 1. The molecule has 5 fully saturated rings.